The minimum Gasteiger partial charge on any atom is -0.495 e. The largest absolute Gasteiger partial charge is 0.495 e. The number of nitrogens with one attached hydrogen (secondary N) is 2. The Morgan fingerprint density at radius 3 is 2.61 bits per heavy atom. The molecule has 0 spiro atoms. The third-order valence-corrected chi connectivity index (χ3v) is 3.77. The van der Waals surface area contributed by atoms with Crippen LogP contribution in [-0.4, -0.2) is 19.6 Å². The third kappa shape index (κ3) is 4.50. The summed E-state index contributed by atoms with van der Waals surface area (Å²) >= 11 is 11.7. The number of amides is 1. The zero-order chi connectivity index (χ0) is 17.0. The van der Waals surface area contributed by atoms with Crippen LogP contribution in [-0.2, 0) is 4.79 Å². The van der Waals surface area contributed by atoms with Gasteiger partial charge in [0.1, 0.15) is 11.6 Å². The summed E-state index contributed by atoms with van der Waals surface area (Å²) in [5.41, 5.74) is 1.50. The molecule has 0 aliphatic carbocycles. The van der Waals surface area contributed by atoms with Gasteiger partial charge in [-0.15, -0.1) is 0 Å². The normalized spacial score (nSPS) is 10.3. The van der Waals surface area contributed by atoms with E-state index >= 15 is 0 Å². The molecule has 2 aromatic carbocycles. The maximum Gasteiger partial charge on any atom is 0.243 e. The molecule has 0 aliphatic rings. The van der Waals surface area contributed by atoms with Crippen molar-refractivity contribution in [2.75, 3.05) is 24.3 Å². The van der Waals surface area contributed by atoms with Crippen LogP contribution < -0.4 is 15.4 Å². The Labute approximate surface area is 143 Å². The van der Waals surface area contributed by atoms with Gasteiger partial charge in [0.15, 0.2) is 0 Å². The van der Waals surface area contributed by atoms with Crippen molar-refractivity contribution in [1.29, 1.82) is 0 Å². The first-order chi connectivity index (χ1) is 10.9. The molecule has 0 fully saturated rings. The van der Waals surface area contributed by atoms with Crippen LogP contribution in [0.25, 0.3) is 0 Å². The van der Waals surface area contributed by atoms with Gasteiger partial charge in [0.05, 0.1) is 25.0 Å². The van der Waals surface area contributed by atoms with Crippen LogP contribution in [0.4, 0.5) is 15.8 Å². The highest BCUT2D eigenvalue weighted by molar-refractivity contribution is 6.31. The van der Waals surface area contributed by atoms with Crippen molar-refractivity contribution in [1.82, 2.24) is 0 Å². The molecule has 4 nitrogen and oxygen atoms in total. The standard InChI is InChI=1S/C16H15Cl2FN2O2/c1-9-5-14(15(23-2)7-11(9)18)21-16(22)8-20-13-4-3-10(17)6-12(13)19/h3-7,20H,8H2,1-2H3,(H,21,22). The van der Waals surface area contributed by atoms with Gasteiger partial charge in [-0.1, -0.05) is 23.2 Å². The maximum absolute atomic E-state index is 13.6. The van der Waals surface area contributed by atoms with E-state index in [9.17, 15) is 9.18 Å². The highest BCUT2D eigenvalue weighted by Gasteiger charge is 2.11. The molecule has 2 aromatic rings. The zero-order valence-corrected chi connectivity index (χ0v) is 14.1. The third-order valence-electron chi connectivity index (χ3n) is 3.13. The van der Waals surface area contributed by atoms with Gasteiger partial charge in [-0.05, 0) is 36.8 Å². The van der Waals surface area contributed by atoms with Crippen molar-refractivity contribution in [2.24, 2.45) is 0 Å². The van der Waals surface area contributed by atoms with Crippen molar-refractivity contribution >= 4 is 40.5 Å². The number of halogens is 3. The fourth-order valence-electron chi connectivity index (χ4n) is 1.93. The summed E-state index contributed by atoms with van der Waals surface area (Å²) in [7, 11) is 1.48. The number of hydrogen-bond donors (Lipinski definition) is 2. The number of rotatable bonds is 5. The van der Waals surface area contributed by atoms with E-state index < -0.39 is 5.82 Å². The first-order valence-corrected chi connectivity index (χ1v) is 7.49. The second-order valence-electron chi connectivity index (χ2n) is 4.83. The summed E-state index contributed by atoms with van der Waals surface area (Å²) in [6.45, 7) is 1.71. The lowest BCUT2D eigenvalue weighted by Crippen LogP contribution is -2.22. The van der Waals surface area contributed by atoms with Crippen LogP contribution in [0, 0.1) is 12.7 Å². The Hall–Kier alpha value is -1.98. The fraction of sp³-hybridized carbons (Fsp3) is 0.188. The number of hydrogen-bond acceptors (Lipinski definition) is 3. The molecule has 2 rings (SSSR count). The molecule has 0 bridgehead atoms. The van der Waals surface area contributed by atoms with Gasteiger partial charge in [0.25, 0.3) is 0 Å². The van der Waals surface area contributed by atoms with E-state index in [-0.39, 0.29) is 18.1 Å². The van der Waals surface area contributed by atoms with Crippen LogP contribution in [0.5, 0.6) is 5.75 Å². The first kappa shape index (κ1) is 17.4. The highest BCUT2D eigenvalue weighted by Crippen LogP contribution is 2.30. The summed E-state index contributed by atoms with van der Waals surface area (Å²) in [6.07, 6.45) is 0. The molecule has 0 saturated carbocycles. The summed E-state index contributed by atoms with van der Waals surface area (Å²) in [5, 5.41) is 6.24. The molecule has 122 valence electrons. The Morgan fingerprint density at radius 1 is 1.22 bits per heavy atom. The molecule has 7 heteroatoms. The van der Waals surface area contributed by atoms with Crippen molar-refractivity contribution in [2.45, 2.75) is 6.92 Å². The van der Waals surface area contributed by atoms with E-state index in [1.54, 1.807) is 12.1 Å². The number of anilines is 2. The number of aryl methyl sites for hydroxylation is 1. The smallest absolute Gasteiger partial charge is 0.243 e. The van der Waals surface area contributed by atoms with Gasteiger partial charge in [-0.3, -0.25) is 4.79 Å². The molecule has 2 N–H and O–H groups in total. The summed E-state index contributed by atoms with van der Waals surface area (Å²) < 4.78 is 18.8. The quantitative estimate of drug-likeness (QED) is 0.828. The van der Waals surface area contributed by atoms with Crippen LogP contribution in [0.15, 0.2) is 30.3 Å². The van der Waals surface area contributed by atoms with Gasteiger partial charge in [-0.25, -0.2) is 4.39 Å². The molecule has 0 aliphatic heterocycles. The van der Waals surface area contributed by atoms with Crippen molar-refractivity contribution < 1.29 is 13.9 Å². The van der Waals surface area contributed by atoms with Crippen molar-refractivity contribution in [3.8, 4) is 5.75 Å². The van der Waals surface area contributed by atoms with Gasteiger partial charge in [0.2, 0.25) is 5.91 Å². The average Bonchev–Trinajstić information content (AvgIpc) is 2.49. The predicted molar refractivity (Wildman–Crippen MR) is 91.3 cm³/mol. The number of carbonyl (C=O) groups is 1. The molecule has 0 unspecified atom stereocenters. The van der Waals surface area contributed by atoms with Gasteiger partial charge in [0, 0.05) is 16.1 Å². The van der Waals surface area contributed by atoms with E-state index in [1.807, 2.05) is 6.92 Å². The summed E-state index contributed by atoms with van der Waals surface area (Å²) in [5.74, 6) is -0.420. The van der Waals surface area contributed by atoms with Crippen LogP contribution >= 0.6 is 23.2 Å². The number of carbonyl (C=O) groups excluding carboxylic acids is 1. The van der Waals surface area contributed by atoms with E-state index in [1.165, 1.54) is 25.3 Å². The van der Waals surface area contributed by atoms with Crippen LogP contribution in [0.3, 0.4) is 0 Å². The molecular formula is C16H15Cl2FN2O2. The molecule has 1 amide bonds. The average molecular weight is 357 g/mol. The zero-order valence-electron chi connectivity index (χ0n) is 12.5. The Kier molecular flexibility index (Phi) is 5.69. The van der Waals surface area contributed by atoms with Crippen molar-refractivity contribution in [3.05, 3.63) is 51.8 Å². The number of ether oxygens (including phenoxy) is 1. The van der Waals surface area contributed by atoms with E-state index in [0.717, 1.165) is 5.56 Å². The minimum atomic E-state index is -0.523. The summed E-state index contributed by atoms with van der Waals surface area (Å²) in [4.78, 5) is 12.0. The topological polar surface area (TPSA) is 50.4 Å². The molecule has 0 heterocycles. The van der Waals surface area contributed by atoms with E-state index in [2.05, 4.69) is 10.6 Å². The molecule has 0 saturated heterocycles. The lowest BCUT2D eigenvalue weighted by molar-refractivity contribution is -0.114. The van der Waals surface area contributed by atoms with Gasteiger partial charge in [-0.2, -0.15) is 0 Å². The van der Waals surface area contributed by atoms with Gasteiger partial charge >= 0.3 is 0 Å². The lowest BCUT2D eigenvalue weighted by atomic mass is 10.2. The Balaban J connectivity index is 2.04. The summed E-state index contributed by atoms with van der Waals surface area (Å²) in [6, 6.07) is 7.52. The van der Waals surface area contributed by atoms with E-state index in [0.29, 0.717) is 21.5 Å². The maximum atomic E-state index is 13.6. The Bertz CT molecular complexity index is 738. The minimum absolute atomic E-state index is 0.108. The van der Waals surface area contributed by atoms with Crippen LogP contribution in [0.2, 0.25) is 10.0 Å². The van der Waals surface area contributed by atoms with Crippen LogP contribution in [0.1, 0.15) is 5.56 Å². The van der Waals surface area contributed by atoms with E-state index in [4.69, 9.17) is 27.9 Å². The monoisotopic (exact) mass is 356 g/mol. The SMILES string of the molecule is COc1cc(Cl)c(C)cc1NC(=O)CNc1ccc(Cl)cc1F. The molecule has 23 heavy (non-hydrogen) atoms. The Morgan fingerprint density at radius 2 is 1.96 bits per heavy atom. The lowest BCUT2D eigenvalue weighted by Gasteiger charge is -2.13. The highest BCUT2D eigenvalue weighted by atomic mass is 35.5. The molecule has 0 atom stereocenters. The fourth-order valence-corrected chi connectivity index (χ4v) is 2.25. The molecular weight excluding hydrogens is 342 g/mol. The number of methoxy groups -OCH3 is 1. The molecule has 0 radical (unpaired) electrons. The van der Waals surface area contributed by atoms with Gasteiger partial charge < -0.3 is 15.4 Å². The number of benzene rings is 2. The predicted octanol–water partition coefficient (Wildman–Crippen LogP) is 4.50. The first-order valence-electron chi connectivity index (χ1n) is 6.73. The van der Waals surface area contributed by atoms with Crippen molar-refractivity contribution in [3.63, 3.8) is 0 Å². The second kappa shape index (κ2) is 7.53. The second-order valence-corrected chi connectivity index (χ2v) is 5.67. The molecule has 0 aromatic heterocycles.